The van der Waals surface area contributed by atoms with Crippen LogP contribution in [0.5, 0.6) is 0 Å². The van der Waals surface area contributed by atoms with Gasteiger partial charge >= 0.3 is 0 Å². The normalized spacial score (nSPS) is 12.8. The molecule has 1 aromatic rings. The maximum absolute atomic E-state index is 11.6. The smallest absolute Gasteiger partial charge is 0.237 e. The highest BCUT2D eigenvalue weighted by molar-refractivity contribution is 5.81. The van der Waals surface area contributed by atoms with Crippen LogP contribution in [0.25, 0.3) is 0 Å². The Kier molecular flexibility index (Phi) is 5.15. The lowest BCUT2D eigenvalue weighted by Gasteiger charge is -2.18. The third-order valence-corrected chi connectivity index (χ3v) is 2.78. The standard InChI is InChI=1S/C12H22N4O/c1-10-8-14-16(9-10)7-5-6-13-12(17)11(2)15(3)4/h8-9,11H,5-7H2,1-4H3,(H,13,17)/t11-/m1/s1. The molecule has 96 valence electrons. The minimum Gasteiger partial charge on any atom is -0.355 e. The third-order valence-electron chi connectivity index (χ3n) is 2.78. The summed E-state index contributed by atoms with van der Waals surface area (Å²) < 4.78 is 1.90. The zero-order valence-corrected chi connectivity index (χ0v) is 11.1. The molecule has 1 atom stereocenters. The zero-order valence-electron chi connectivity index (χ0n) is 11.1. The molecule has 17 heavy (non-hydrogen) atoms. The van der Waals surface area contributed by atoms with Crippen molar-refractivity contribution >= 4 is 5.91 Å². The molecule has 1 N–H and O–H groups in total. The van der Waals surface area contributed by atoms with Gasteiger partial charge in [0.2, 0.25) is 5.91 Å². The van der Waals surface area contributed by atoms with Crippen molar-refractivity contribution in [3.8, 4) is 0 Å². The molecular formula is C12H22N4O. The summed E-state index contributed by atoms with van der Waals surface area (Å²) in [5.74, 6) is 0.0756. The highest BCUT2D eigenvalue weighted by atomic mass is 16.2. The number of hydrogen-bond acceptors (Lipinski definition) is 3. The van der Waals surface area contributed by atoms with Gasteiger partial charge in [0, 0.05) is 19.3 Å². The number of carbonyl (C=O) groups excluding carboxylic acids is 1. The molecule has 5 heteroatoms. The SMILES string of the molecule is Cc1cnn(CCCNC(=O)[C@@H](C)N(C)C)c1. The molecule has 0 aliphatic carbocycles. The molecule has 1 rings (SSSR count). The maximum atomic E-state index is 11.6. The van der Waals surface area contributed by atoms with Crippen molar-refractivity contribution in [2.45, 2.75) is 32.9 Å². The number of hydrogen-bond donors (Lipinski definition) is 1. The minimum absolute atomic E-state index is 0.0756. The summed E-state index contributed by atoms with van der Waals surface area (Å²) in [6.07, 6.45) is 4.74. The van der Waals surface area contributed by atoms with Gasteiger partial charge in [0.15, 0.2) is 0 Å². The summed E-state index contributed by atoms with van der Waals surface area (Å²) >= 11 is 0. The van der Waals surface area contributed by atoms with E-state index >= 15 is 0 Å². The molecule has 0 bridgehead atoms. The quantitative estimate of drug-likeness (QED) is 0.740. The van der Waals surface area contributed by atoms with Gasteiger partial charge in [0.25, 0.3) is 0 Å². The van der Waals surface area contributed by atoms with Gasteiger partial charge in [-0.3, -0.25) is 14.4 Å². The number of rotatable bonds is 6. The average molecular weight is 238 g/mol. The first-order chi connectivity index (χ1) is 8.00. The summed E-state index contributed by atoms with van der Waals surface area (Å²) in [6.45, 7) is 5.44. The molecule has 5 nitrogen and oxygen atoms in total. The van der Waals surface area contributed by atoms with Crippen LogP contribution in [0, 0.1) is 6.92 Å². The fourth-order valence-electron chi connectivity index (χ4n) is 1.42. The van der Waals surface area contributed by atoms with Gasteiger partial charge < -0.3 is 5.32 Å². The second-order valence-corrected chi connectivity index (χ2v) is 4.56. The Morgan fingerprint density at radius 2 is 2.29 bits per heavy atom. The highest BCUT2D eigenvalue weighted by Gasteiger charge is 2.13. The monoisotopic (exact) mass is 238 g/mol. The summed E-state index contributed by atoms with van der Waals surface area (Å²) in [5, 5.41) is 7.11. The maximum Gasteiger partial charge on any atom is 0.237 e. The average Bonchev–Trinajstić information content (AvgIpc) is 2.69. The van der Waals surface area contributed by atoms with Crippen LogP contribution in [-0.4, -0.2) is 47.3 Å². The van der Waals surface area contributed by atoms with Crippen molar-refractivity contribution in [2.24, 2.45) is 0 Å². The van der Waals surface area contributed by atoms with E-state index in [0.717, 1.165) is 18.5 Å². The van der Waals surface area contributed by atoms with Crippen LogP contribution in [0.3, 0.4) is 0 Å². The van der Waals surface area contributed by atoms with E-state index in [0.29, 0.717) is 6.54 Å². The van der Waals surface area contributed by atoms with E-state index in [1.807, 2.05) is 49.9 Å². The Hall–Kier alpha value is -1.36. The Balaban J connectivity index is 2.18. The molecule has 1 aromatic heterocycles. The van der Waals surface area contributed by atoms with E-state index in [-0.39, 0.29) is 11.9 Å². The molecule has 0 aliphatic rings. The van der Waals surface area contributed by atoms with Gasteiger partial charge in [-0.2, -0.15) is 5.10 Å². The van der Waals surface area contributed by atoms with Crippen LogP contribution in [0.2, 0.25) is 0 Å². The van der Waals surface area contributed by atoms with Crippen LogP contribution in [0.1, 0.15) is 18.9 Å². The molecule has 0 aliphatic heterocycles. The molecular weight excluding hydrogens is 216 g/mol. The van der Waals surface area contributed by atoms with E-state index in [4.69, 9.17) is 0 Å². The summed E-state index contributed by atoms with van der Waals surface area (Å²) in [4.78, 5) is 13.5. The first-order valence-electron chi connectivity index (χ1n) is 5.94. The van der Waals surface area contributed by atoms with Gasteiger partial charge in [-0.1, -0.05) is 0 Å². The second-order valence-electron chi connectivity index (χ2n) is 4.56. The number of carbonyl (C=O) groups is 1. The van der Waals surface area contributed by atoms with Gasteiger partial charge in [0.1, 0.15) is 0 Å². The van der Waals surface area contributed by atoms with E-state index < -0.39 is 0 Å². The highest BCUT2D eigenvalue weighted by Crippen LogP contribution is 1.96. The topological polar surface area (TPSA) is 50.2 Å². The van der Waals surface area contributed by atoms with Crippen LogP contribution < -0.4 is 5.32 Å². The van der Waals surface area contributed by atoms with Crippen molar-refractivity contribution < 1.29 is 4.79 Å². The Bertz CT molecular complexity index is 359. The van der Waals surface area contributed by atoms with Crippen molar-refractivity contribution in [3.63, 3.8) is 0 Å². The van der Waals surface area contributed by atoms with Gasteiger partial charge in [-0.15, -0.1) is 0 Å². The number of nitrogens with zero attached hydrogens (tertiary/aromatic N) is 3. The molecule has 0 aromatic carbocycles. The largest absolute Gasteiger partial charge is 0.355 e. The number of aromatic nitrogens is 2. The second kappa shape index (κ2) is 6.39. The summed E-state index contributed by atoms with van der Waals surface area (Å²) in [6, 6.07) is -0.0815. The van der Waals surface area contributed by atoms with Crippen LogP contribution in [0.4, 0.5) is 0 Å². The van der Waals surface area contributed by atoms with E-state index in [9.17, 15) is 4.79 Å². The molecule has 1 heterocycles. The van der Waals surface area contributed by atoms with Crippen molar-refractivity contribution in [1.82, 2.24) is 20.0 Å². The predicted octanol–water partition coefficient (Wildman–Crippen LogP) is 0.648. The van der Waals surface area contributed by atoms with Crippen molar-refractivity contribution in [2.75, 3.05) is 20.6 Å². The van der Waals surface area contributed by atoms with Crippen LogP contribution >= 0.6 is 0 Å². The van der Waals surface area contributed by atoms with Gasteiger partial charge in [-0.25, -0.2) is 0 Å². The summed E-state index contributed by atoms with van der Waals surface area (Å²) in [7, 11) is 3.80. The zero-order chi connectivity index (χ0) is 12.8. The van der Waals surface area contributed by atoms with Crippen LogP contribution in [0.15, 0.2) is 12.4 Å². The van der Waals surface area contributed by atoms with E-state index in [1.54, 1.807) is 0 Å². The lowest BCUT2D eigenvalue weighted by Crippen LogP contribution is -2.41. The number of likely N-dealkylation sites (N-methyl/N-ethyl adjacent to an activating group) is 1. The van der Waals surface area contributed by atoms with Crippen LogP contribution in [-0.2, 0) is 11.3 Å². The van der Waals surface area contributed by atoms with Crippen molar-refractivity contribution in [3.05, 3.63) is 18.0 Å². The minimum atomic E-state index is -0.0815. The third kappa shape index (κ3) is 4.56. The van der Waals surface area contributed by atoms with Gasteiger partial charge in [-0.05, 0) is 39.9 Å². The molecule has 0 saturated carbocycles. The molecule has 0 fully saturated rings. The molecule has 0 radical (unpaired) electrons. The summed E-state index contributed by atoms with van der Waals surface area (Å²) in [5.41, 5.74) is 1.16. The molecule has 0 saturated heterocycles. The fourth-order valence-corrected chi connectivity index (χ4v) is 1.42. The first kappa shape index (κ1) is 13.7. The van der Waals surface area contributed by atoms with Crippen molar-refractivity contribution in [1.29, 1.82) is 0 Å². The molecule has 0 unspecified atom stereocenters. The van der Waals surface area contributed by atoms with E-state index in [1.165, 1.54) is 0 Å². The Morgan fingerprint density at radius 3 is 2.82 bits per heavy atom. The van der Waals surface area contributed by atoms with E-state index in [2.05, 4.69) is 10.4 Å². The molecule has 1 amide bonds. The lowest BCUT2D eigenvalue weighted by atomic mass is 10.3. The Labute approximate surface area is 103 Å². The first-order valence-corrected chi connectivity index (χ1v) is 5.94. The predicted molar refractivity (Wildman–Crippen MR) is 67.7 cm³/mol. The van der Waals surface area contributed by atoms with Gasteiger partial charge in [0.05, 0.1) is 12.2 Å². The lowest BCUT2D eigenvalue weighted by molar-refractivity contribution is -0.125. The number of nitrogens with one attached hydrogen (secondary N) is 1. The number of aryl methyl sites for hydroxylation is 2. The Morgan fingerprint density at radius 1 is 1.59 bits per heavy atom. The number of amides is 1. The fraction of sp³-hybridized carbons (Fsp3) is 0.667. The molecule has 0 spiro atoms.